The van der Waals surface area contributed by atoms with Gasteiger partial charge in [0.05, 0.1) is 48.0 Å². The van der Waals surface area contributed by atoms with Crippen LogP contribution in [0.2, 0.25) is 0 Å². The molecule has 0 amide bonds. The van der Waals surface area contributed by atoms with Gasteiger partial charge in [-0.05, 0) is 48.5 Å². The number of hydrogen-bond donors (Lipinski definition) is 0. The van der Waals surface area contributed by atoms with Gasteiger partial charge in [-0.1, -0.05) is 24.3 Å². The van der Waals surface area contributed by atoms with Crippen molar-refractivity contribution < 1.29 is 19.8 Å². The minimum absolute atomic E-state index is 0. The number of nitrogens with zero attached hydrogens (tertiary/aromatic N) is 6. The number of thiocyanates is 2. The molecule has 4 rings (SSSR count). The summed E-state index contributed by atoms with van der Waals surface area (Å²) >= 11 is 4.98. The van der Waals surface area contributed by atoms with Crippen LogP contribution in [0.1, 0.15) is 0 Å². The summed E-state index contributed by atoms with van der Waals surface area (Å²) in [7, 11) is 0. The second-order valence-corrected chi connectivity index (χ2v) is 5.53. The Morgan fingerprint density at radius 1 is 0.484 bits per heavy atom. The van der Waals surface area contributed by atoms with Gasteiger partial charge in [-0.25, -0.2) is 0 Å². The van der Waals surface area contributed by atoms with Gasteiger partial charge in [0.2, 0.25) is 0 Å². The molecule has 0 N–H and O–H groups in total. The first kappa shape index (κ1) is 27.9. The largest absolute Gasteiger partial charge is 2.00 e. The molecule has 0 saturated carbocycles. The summed E-state index contributed by atoms with van der Waals surface area (Å²) in [5, 5.41) is 17.6. The Balaban J connectivity index is 0.000000453. The van der Waals surface area contributed by atoms with Crippen LogP contribution in [0.4, 0.5) is 0 Å². The van der Waals surface area contributed by atoms with Crippen LogP contribution in [-0.2, 0) is 45.0 Å². The molecule has 9 heteroatoms. The maximum absolute atomic E-state index is 7.23. The molecule has 0 unspecified atom stereocenters. The minimum atomic E-state index is 0. The van der Waals surface area contributed by atoms with Crippen LogP contribution in [0.3, 0.4) is 0 Å². The zero-order valence-corrected chi connectivity index (χ0v) is 20.8. The molecule has 0 aliphatic heterocycles. The molecule has 6 nitrogen and oxygen atoms in total. The smallest absolute Gasteiger partial charge is 0.255 e. The monoisotopic (exact) mass is 624 g/mol. The average molecular weight is 623 g/mol. The van der Waals surface area contributed by atoms with Gasteiger partial charge in [0.15, 0.2) is 0 Å². The molecule has 0 aliphatic carbocycles. The van der Waals surface area contributed by atoms with Crippen molar-refractivity contribution in [2.75, 3.05) is 0 Å². The quantitative estimate of drug-likeness (QED) is 0.252. The molecule has 0 aromatic carbocycles. The molecule has 31 heavy (non-hydrogen) atoms. The van der Waals surface area contributed by atoms with Crippen LogP contribution in [-0.4, -0.2) is 19.9 Å². The number of nitriles is 2. The van der Waals surface area contributed by atoms with Crippen molar-refractivity contribution in [2.45, 2.75) is 0 Å². The van der Waals surface area contributed by atoms with Crippen molar-refractivity contribution >= 4 is 25.3 Å². The van der Waals surface area contributed by atoms with Crippen molar-refractivity contribution in [3.63, 3.8) is 0 Å². The summed E-state index contributed by atoms with van der Waals surface area (Å²) in [4.78, 5) is 16.7. The maximum Gasteiger partial charge on any atom is 2.00 e. The fraction of sp³-hybridized carbons (Fsp3) is 0. The zero-order chi connectivity index (χ0) is 21.9. The summed E-state index contributed by atoms with van der Waals surface area (Å²) in [6.45, 7) is 0. The van der Waals surface area contributed by atoms with E-state index < -0.39 is 0 Å². The van der Waals surface area contributed by atoms with Gasteiger partial charge >= 0.3 is 30.6 Å². The molecule has 0 fully saturated rings. The fourth-order valence-corrected chi connectivity index (χ4v) is 2.06. The molecule has 0 aliphatic rings. The van der Waals surface area contributed by atoms with E-state index in [-0.39, 0.29) is 19.8 Å². The maximum atomic E-state index is 7.23. The normalized spacial score (nSPS) is 8.00. The third kappa shape index (κ3) is 12.3. The summed E-state index contributed by atoms with van der Waals surface area (Å²) in [6, 6.07) is 23.2. The molecule has 0 bridgehead atoms. The Morgan fingerprint density at radius 3 is 0.806 bits per heavy atom. The van der Waals surface area contributed by atoms with Crippen molar-refractivity contribution in [1.82, 2.24) is 19.9 Å². The van der Waals surface area contributed by atoms with E-state index in [1.165, 1.54) is 0 Å². The molecule has 0 atom stereocenters. The van der Waals surface area contributed by atoms with Gasteiger partial charge in [0, 0.05) is 24.8 Å². The molecule has 0 spiro atoms. The number of pyridine rings is 4. The Hall–Kier alpha value is -3.08. The van der Waals surface area contributed by atoms with E-state index in [4.69, 9.17) is 10.5 Å². The summed E-state index contributed by atoms with van der Waals surface area (Å²) < 4.78 is 0. The molecule has 4 aromatic heterocycles. The van der Waals surface area contributed by atoms with Gasteiger partial charge in [-0.3, -0.25) is 19.9 Å². The van der Waals surface area contributed by atoms with E-state index in [0.717, 1.165) is 22.8 Å². The first-order chi connectivity index (χ1) is 14.8. The van der Waals surface area contributed by atoms with Gasteiger partial charge in [0.1, 0.15) is 0 Å². The van der Waals surface area contributed by atoms with E-state index in [1.807, 2.05) is 72.8 Å². The van der Waals surface area contributed by atoms with E-state index in [1.54, 1.807) is 35.6 Å². The second kappa shape index (κ2) is 18.9. The number of hydrogen-bond acceptors (Lipinski definition) is 6. The van der Waals surface area contributed by atoms with Crippen LogP contribution >= 0.6 is 0 Å². The molecule has 4 aromatic rings. The topological polar surface area (TPSA) is 99.1 Å². The average Bonchev–Trinajstić information content (AvgIpc) is 2.83. The first-order valence-corrected chi connectivity index (χ1v) is 9.53. The van der Waals surface area contributed by atoms with Crippen LogP contribution in [0, 0.1) is 21.3 Å². The van der Waals surface area contributed by atoms with E-state index in [9.17, 15) is 0 Å². The molecule has 0 saturated heterocycles. The molecular formula is C22H20N6OsS2+4. The zero-order valence-electron chi connectivity index (χ0n) is 16.3. The third-order valence-corrected chi connectivity index (χ3v) is 3.18. The molecule has 0 radical (unpaired) electrons. The van der Waals surface area contributed by atoms with E-state index in [0.29, 0.717) is 0 Å². The van der Waals surface area contributed by atoms with Crippen LogP contribution < -0.4 is 0 Å². The van der Waals surface area contributed by atoms with Crippen molar-refractivity contribution in [3.05, 3.63) is 97.6 Å². The third-order valence-electron chi connectivity index (χ3n) is 3.18. The number of aromatic nitrogens is 4. The molecule has 154 valence electrons. The Bertz CT molecular complexity index is 864. The summed E-state index contributed by atoms with van der Waals surface area (Å²) in [6.07, 6.45) is 7.07. The Morgan fingerprint density at radius 2 is 0.677 bits per heavy atom. The van der Waals surface area contributed by atoms with Crippen LogP contribution in [0.25, 0.3) is 22.8 Å². The standard InChI is InChI=1S/2C10H8N2.2CHNS.Os/c2*1-3-7-11-9(5-1)10-6-2-4-8-12-10;2*2-1-3;/h2*1-8H;2*3H;/q;;;;+2/p+2. The predicted molar refractivity (Wildman–Crippen MR) is 126 cm³/mol. The van der Waals surface area contributed by atoms with Gasteiger partial charge in [-0.2, -0.15) is 0 Å². The van der Waals surface area contributed by atoms with Gasteiger partial charge < -0.3 is 0 Å². The first-order valence-electron chi connectivity index (χ1n) is 8.53. The predicted octanol–water partition coefficient (Wildman–Crippen LogP) is 3.24. The van der Waals surface area contributed by atoms with Crippen LogP contribution in [0.15, 0.2) is 97.6 Å². The Kier molecular flexibility index (Phi) is 17.0. The van der Waals surface area contributed by atoms with Gasteiger partial charge in [0.25, 0.3) is 0 Å². The molecule has 4 heterocycles. The number of rotatable bonds is 2. The van der Waals surface area contributed by atoms with Crippen LogP contribution in [0.5, 0.6) is 0 Å². The summed E-state index contributed by atoms with van der Waals surface area (Å²) in [5.74, 6) is 0. The van der Waals surface area contributed by atoms with Crippen molar-refractivity contribution in [2.24, 2.45) is 0 Å². The molecular weight excluding hydrogens is 603 g/mol. The van der Waals surface area contributed by atoms with Gasteiger partial charge in [-0.15, -0.1) is 10.5 Å². The second-order valence-electron chi connectivity index (χ2n) is 5.08. The fourth-order valence-electron chi connectivity index (χ4n) is 2.06. The SMILES string of the molecule is N#C[SH2+].N#C[SH2+].[Os+2].c1ccc(-c2ccccn2)nc1.c1ccc(-c2ccccn2)nc1. The van der Waals surface area contributed by atoms with E-state index >= 15 is 0 Å². The Labute approximate surface area is 206 Å². The van der Waals surface area contributed by atoms with E-state index in [2.05, 4.69) is 45.2 Å². The van der Waals surface area contributed by atoms with Crippen molar-refractivity contribution in [1.29, 1.82) is 10.5 Å². The van der Waals surface area contributed by atoms with Crippen molar-refractivity contribution in [3.8, 4) is 33.6 Å². The minimum Gasteiger partial charge on any atom is -0.255 e. The summed E-state index contributed by atoms with van der Waals surface area (Å²) in [5.41, 5.74) is 3.66.